The van der Waals surface area contributed by atoms with Gasteiger partial charge in [0.15, 0.2) is 0 Å². The van der Waals surface area contributed by atoms with Gasteiger partial charge in [-0.3, -0.25) is 5.10 Å². The second-order valence-corrected chi connectivity index (χ2v) is 3.98. The predicted octanol–water partition coefficient (Wildman–Crippen LogP) is 1.91. The largest absolute Gasteiger partial charge is 0.378 e. The van der Waals surface area contributed by atoms with Crippen molar-refractivity contribution in [3.05, 3.63) is 42.6 Å². The van der Waals surface area contributed by atoms with Gasteiger partial charge in [-0.15, -0.1) is 0 Å². The fourth-order valence-electron chi connectivity index (χ4n) is 1.79. The number of H-pyrrole nitrogens is 1. The Hall–Kier alpha value is -2.30. The molecule has 1 aromatic carbocycles. The number of hydrogen-bond donors (Lipinski definition) is 2. The predicted molar refractivity (Wildman–Crippen MR) is 66.6 cm³/mol. The average Bonchev–Trinajstić information content (AvgIpc) is 2.94. The van der Waals surface area contributed by atoms with Gasteiger partial charge in [0.2, 0.25) is 0 Å². The Bertz CT molecular complexity index is 637. The Morgan fingerprint density at radius 1 is 1.41 bits per heavy atom. The minimum Gasteiger partial charge on any atom is -0.378 e. The van der Waals surface area contributed by atoms with Crippen LogP contribution in [0.2, 0.25) is 0 Å². The molecule has 3 rings (SSSR count). The summed E-state index contributed by atoms with van der Waals surface area (Å²) in [6, 6.07) is 6.13. The van der Waals surface area contributed by atoms with E-state index in [9.17, 15) is 0 Å². The van der Waals surface area contributed by atoms with Crippen LogP contribution < -0.4 is 5.32 Å². The van der Waals surface area contributed by atoms with Crippen LogP contribution in [0.25, 0.3) is 10.9 Å². The molecule has 5 heteroatoms. The van der Waals surface area contributed by atoms with E-state index in [0.717, 1.165) is 22.4 Å². The number of rotatable bonds is 3. The van der Waals surface area contributed by atoms with E-state index in [4.69, 9.17) is 0 Å². The van der Waals surface area contributed by atoms with Crippen LogP contribution in [0.1, 0.15) is 5.82 Å². The van der Waals surface area contributed by atoms with Gasteiger partial charge < -0.3 is 9.88 Å². The van der Waals surface area contributed by atoms with Crippen LogP contribution in [-0.2, 0) is 13.6 Å². The van der Waals surface area contributed by atoms with Crippen molar-refractivity contribution in [3.63, 3.8) is 0 Å². The van der Waals surface area contributed by atoms with E-state index < -0.39 is 0 Å². The van der Waals surface area contributed by atoms with Gasteiger partial charge in [0.25, 0.3) is 0 Å². The molecule has 0 bridgehead atoms. The fourth-order valence-corrected chi connectivity index (χ4v) is 1.79. The Labute approximate surface area is 98.5 Å². The quantitative estimate of drug-likeness (QED) is 0.718. The number of anilines is 1. The first kappa shape index (κ1) is 9.89. The number of aromatic nitrogens is 4. The van der Waals surface area contributed by atoms with Crippen LogP contribution in [-0.4, -0.2) is 19.7 Å². The summed E-state index contributed by atoms with van der Waals surface area (Å²) in [7, 11) is 1.99. The second-order valence-electron chi connectivity index (χ2n) is 3.98. The van der Waals surface area contributed by atoms with E-state index in [-0.39, 0.29) is 0 Å². The number of nitrogens with one attached hydrogen (secondary N) is 2. The van der Waals surface area contributed by atoms with E-state index in [0.29, 0.717) is 6.54 Å². The number of fused-ring (bicyclic) bond motifs is 1. The smallest absolute Gasteiger partial charge is 0.127 e. The Balaban J connectivity index is 1.78. The van der Waals surface area contributed by atoms with E-state index >= 15 is 0 Å². The lowest BCUT2D eigenvalue weighted by Crippen LogP contribution is -2.05. The molecule has 86 valence electrons. The van der Waals surface area contributed by atoms with Crippen LogP contribution in [0, 0.1) is 0 Å². The third-order valence-corrected chi connectivity index (χ3v) is 2.81. The minimum absolute atomic E-state index is 0.711. The SMILES string of the molecule is Cn1ccnc1CNc1ccc2cn[nH]c2c1. The molecule has 0 aliphatic heterocycles. The summed E-state index contributed by atoms with van der Waals surface area (Å²) in [6.07, 6.45) is 5.56. The maximum absolute atomic E-state index is 4.26. The van der Waals surface area contributed by atoms with Gasteiger partial charge >= 0.3 is 0 Å². The highest BCUT2D eigenvalue weighted by molar-refractivity contribution is 5.81. The highest BCUT2D eigenvalue weighted by Crippen LogP contribution is 2.16. The molecule has 0 aliphatic rings. The summed E-state index contributed by atoms with van der Waals surface area (Å²) >= 11 is 0. The third kappa shape index (κ3) is 1.87. The Kier molecular flexibility index (Phi) is 2.29. The lowest BCUT2D eigenvalue weighted by molar-refractivity contribution is 0.813. The maximum Gasteiger partial charge on any atom is 0.127 e. The van der Waals surface area contributed by atoms with Crippen LogP contribution in [0.3, 0.4) is 0 Å². The van der Waals surface area contributed by atoms with Gasteiger partial charge in [-0.1, -0.05) is 0 Å². The summed E-state index contributed by atoms with van der Waals surface area (Å²) in [4.78, 5) is 4.26. The van der Waals surface area contributed by atoms with Gasteiger partial charge in [-0.25, -0.2) is 4.98 Å². The molecular formula is C12H13N5. The Morgan fingerprint density at radius 3 is 3.18 bits per heavy atom. The first-order chi connectivity index (χ1) is 8.33. The molecule has 0 saturated heterocycles. The molecule has 0 atom stereocenters. The zero-order chi connectivity index (χ0) is 11.7. The van der Waals surface area contributed by atoms with Gasteiger partial charge in [-0.05, 0) is 18.2 Å². The number of hydrogen-bond acceptors (Lipinski definition) is 3. The van der Waals surface area contributed by atoms with Crippen molar-refractivity contribution in [1.82, 2.24) is 19.7 Å². The number of aryl methyl sites for hydroxylation is 1. The molecule has 0 amide bonds. The molecular weight excluding hydrogens is 214 g/mol. The van der Waals surface area contributed by atoms with Crippen molar-refractivity contribution in [1.29, 1.82) is 0 Å². The second kappa shape index (κ2) is 3.93. The summed E-state index contributed by atoms with van der Waals surface area (Å²) in [5, 5.41) is 11.4. The maximum atomic E-state index is 4.26. The molecule has 17 heavy (non-hydrogen) atoms. The summed E-state index contributed by atoms with van der Waals surface area (Å²) < 4.78 is 2.00. The number of aromatic amines is 1. The molecule has 0 radical (unpaired) electrons. The molecule has 0 aliphatic carbocycles. The average molecular weight is 227 g/mol. The van der Waals surface area contributed by atoms with Gasteiger partial charge in [0.05, 0.1) is 18.3 Å². The van der Waals surface area contributed by atoms with E-state index in [1.165, 1.54) is 0 Å². The monoisotopic (exact) mass is 227 g/mol. The lowest BCUT2D eigenvalue weighted by atomic mass is 10.2. The highest BCUT2D eigenvalue weighted by Gasteiger charge is 2.00. The first-order valence-electron chi connectivity index (χ1n) is 5.46. The number of benzene rings is 1. The zero-order valence-corrected chi connectivity index (χ0v) is 9.51. The van der Waals surface area contributed by atoms with E-state index in [1.54, 1.807) is 6.20 Å². The minimum atomic E-state index is 0.711. The zero-order valence-electron chi connectivity index (χ0n) is 9.51. The molecule has 3 aromatic rings. The standard InChI is InChI=1S/C12H13N5/c1-17-5-4-13-12(17)8-14-10-3-2-9-7-15-16-11(9)6-10/h2-7,14H,8H2,1H3,(H,15,16). The van der Waals surface area contributed by atoms with Crippen molar-refractivity contribution in [2.24, 2.45) is 7.05 Å². The summed E-state index contributed by atoms with van der Waals surface area (Å²) in [5.41, 5.74) is 2.10. The molecule has 0 unspecified atom stereocenters. The van der Waals surface area contributed by atoms with Crippen LogP contribution in [0.15, 0.2) is 36.8 Å². The van der Waals surface area contributed by atoms with Crippen LogP contribution in [0.4, 0.5) is 5.69 Å². The van der Waals surface area contributed by atoms with Gasteiger partial charge in [-0.2, -0.15) is 5.10 Å². The van der Waals surface area contributed by atoms with Crippen molar-refractivity contribution in [2.75, 3.05) is 5.32 Å². The van der Waals surface area contributed by atoms with Gasteiger partial charge in [0.1, 0.15) is 5.82 Å². The van der Waals surface area contributed by atoms with Gasteiger partial charge in [0, 0.05) is 30.5 Å². The van der Waals surface area contributed by atoms with Crippen molar-refractivity contribution in [2.45, 2.75) is 6.54 Å². The normalized spacial score (nSPS) is 10.9. The van der Waals surface area contributed by atoms with Crippen molar-refractivity contribution >= 4 is 16.6 Å². The summed E-state index contributed by atoms with van der Waals surface area (Å²) in [6.45, 7) is 0.711. The summed E-state index contributed by atoms with van der Waals surface area (Å²) in [5.74, 6) is 1.01. The molecule has 0 fully saturated rings. The van der Waals surface area contributed by atoms with Crippen molar-refractivity contribution in [3.8, 4) is 0 Å². The molecule has 5 nitrogen and oxygen atoms in total. The molecule has 2 heterocycles. The fraction of sp³-hybridized carbons (Fsp3) is 0.167. The molecule has 0 saturated carbocycles. The Morgan fingerprint density at radius 2 is 2.35 bits per heavy atom. The van der Waals surface area contributed by atoms with E-state index in [2.05, 4.69) is 20.5 Å². The topological polar surface area (TPSA) is 58.5 Å². The first-order valence-corrected chi connectivity index (χ1v) is 5.46. The number of nitrogens with zero attached hydrogens (tertiary/aromatic N) is 3. The molecule has 2 aromatic heterocycles. The lowest BCUT2D eigenvalue weighted by Gasteiger charge is -2.06. The van der Waals surface area contributed by atoms with Crippen LogP contribution >= 0.6 is 0 Å². The van der Waals surface area contributed by atoms with E-state index in [1.807, 2.05) is 42.2 Å². The highest BCUT2D eigenvalue weighted by atomic mass is 15.1. The van der Waals surface area contributed by atoms with Crippen molar-refractivity contribution < 1.29 is 0 Å². The molecule has 2 N–H and O–H groups in total. The third-order valence-electron chi connectivity index (χ3n) is 2.81. The molecule has 0 spiro atoms. The number of imidazole rings is 1. The van der Waals surface area contributed by atoms with Crippen LogP contribution in [0.5, 0.6) is 0 Å².